The number of aryl methyl sites for hydroxylation is 1. The van der Waals surface area contributed by atoms with Gasteiger partial charge in [0.05, 0.1) is 30.9 Å². The summed E-state index contributed by atoms with van der Waals surface area (Å²) in [6.07, 6.45) is 2.39. The van der Waals surface area contributed by atoms with E-state index in [0.717, 1.165) is 5.56 Å². The fourth-order valence-corrected chi connectivity index (χ4v) is 2.58. The van der Waals surface area contributed by atoms with Crippen molar-refractivity contribution in [1.82, 2.24) is 5.32 Å². The van der Waals surface area contributed by atoms with Gasteiger partial charge in [-0.25, -0.2) is 4.39 Å². The second kappa shape index (κ2) is 7.83. The molecule has 1 aromatic rings. The average molecular weight is 332 g/mol. The maximum Gasteiger partial charge on any atom is 0.227 e. The molecule has 0 aliphatic carbocycles. The van der Waals surface area contributed by atoms with E-state index in [-0.39, 0.29) is 19.1 Å². The van der Waals surface area contributed by atoms with Gasteiger partial charge in [0.1, 0.15) is 5.82 Å². The van der Waals surface area contributed by atoms with Crippen molar-refractivity contribution >= 4 is 29.8 Å². The predicted molar refractivity (Wildman–Crippen MR) is 93.9 cm³/mol. The number of benzene rings is 1. The number of nitrogens with zero attached hydrogens (tertiary/aromatic N) is 3. The Balaban J connectivity index is 2.40. The number of aliphatic imine (C=N–C) groups is 2. The van der Waals surface area contributed by atoms with E-state index in [9.17, 15) is 9.18 Å². The molecule has 1 aliphatic heterocycles. The number of rotatable bonds is 5. The Morgan fingerprint density at radius 1 is 1.50 bits per heavy atom. The smallest absolute Gasteiger partial charge is 0.227 e. The molecule has 6 nitrogen and oxygen atoms in total. The first kappa shape index (κ1) is 17.8. The zero-order chi connectivity index (χ0) is 17.7. The van der Waals surface area contributed by atoms with Crippen molar-refractivity contribution < 1.29 is 14.3 Å². The average Bonchev–Trinajstić information content (AvgIpc) is 2.56. The SMILES string of the molecule is C=N/C=C(\NC(C)=NCCO)c1cc2c(cc1F)N(C)C(=O)CC2. The van der Waals surface area contributed by atoms with Crippen LogP contribution in [0.2, 0.25) is 0 Å². The molecule has 1 heterocycles. The summed E-state index contributed by atoms with van der Waals surface area (Å²) in [6.45, 7) is 5.32. The van der Waals surface area contributed by atoms with Crippen LogP contribution in [0.15, 0.2) is 28.3 Å². The number of aliphatic hydroxyl groups excluding tert-OH is 1. The third-order valence-electron chi connectivity index (χ3n) is 3.79. The van der Waals surface area contributed by atoms with E-state index in [4.69, 9.17) is 5.11 Å². The molecule has 128 valence electrons. The van der Waals surface area contributed by atoms with E-state index in [2.05, 4.69) is 22.0 Å². The summed E-state index contributed by atoms with van der Waals surface area (Å²) >= 11 is 0. The standard InChI is InChI=1S/C17H21FN4O2/c1-11(20-6-7-23)21-15(10-19-2)13-8-12-4-5-17(24)22(3)16(12)9-14(13)18/h8-10,23H,2,4-7H2,1,3H3,(H,20,21)/b15-10-. The number of carbonyl (C=O) groups is 1. The highest BCUT2D eigenvalue weighted by molar-refractivity contribution is 5.96. The van der Waals surface area contributed by atoms with Gasteiger partial charge in [0.15, 0.2) is 0 Å². The minimum atomic E-state index is -0.465. The molecule has 0 aromatic heterocycles. The van der Waals surface area contributed by atoms with Crippen molar-refractivity contribution in [3.05, 3.63) is 35.3 Å². The fourth-order valence-electron chi connectivity index (χ4n) is 2.58. The van der Waals surface area contributed by atoms with E-state index in [0.29, 0.717) is 35.6 Å². The van der Waals surface area contributed by atoms with Crippen LogP contribution in [0.25, 0.3) is 5.70 Å². The number of halogens is 1. The molecule has 7 heteroatoms. The minimum absolute atomic E-state index is 0.0247. The molecule has 0 atom stereocenters. The molecule has 0 fully saturated rings. The third-order valence-corrected chi connectivity index (χ3v) is 3.79. The summed E-state index contributed by atoms with van der Waals surface area (Å²) in [6, 6.07) is 3.08. The zero-order valence-corrected chi connectivity index (χ0v) is 13.8. The molecule has 2 N–H and O–H groups in total. The van der Waals surface area contributed by atoms with Gasteiger partial charge >= 0.3 is 0 Å². The van der Waals surface area contributed by atoms with Crippen molar-refractivity contribution in [2.45, 2.75) is 19.8 Å². The molecule has 0 unspecified atom stereocenters. The minimum Gasteiger partial charge on any atom is -0.394 e. The van der Waals surface area contributed by atoms with Gasteiger partial charge in [-0.15, -0.1) is 0 Å². The van der Waals surface area contributed by atoms with Crippen molar-refractivity contribution in [2.24, 2.45) is 9.98 Å². The van der Waals surface area contributed by atoms with Crippen LogP contribution < -0.4 is 10.2 Å². The summed E-state index contributed by atoms with van der Waals surface area (Å²) in [5, 5.41) is 11.8. The van der Waals surface area contributed by atoms with Gasteiger partial charge in [-0.3, -0.25) is 14.8 Å². The Kier molecular flexibility index (Phi) is 5.81. The number of fused-ring (bicyclic) bond motifs is 1. The van der Waals surface area contributed by atoms with Gasteiger partial charge in [-0.2, -0.15) is 0 Å². The molecule has 24 heavy (non-hydrogen) atoms. The molecule has 0 saturated heterocycles. The second-order valence-electron chi connectivity index (χ2n) is 5.45. The lowest BCUT2D eigenvalue weighted by Gasteiger charge is -2.26. The first-order valence-electron chi connectivity index (χ1n) is 7.62. The first-order valence-corrected chi connectivity index (χ1v) is 7.62. The van der Waals surface area contributed by atoms with Crippen molar-refractivity contribution in [3.63, 3.8) is 0 Å². The predicted octanol–water partition coefficient (Wildman–Crippen LogP) is 1.73. The lowest BCUT2D eigenvalue weighted by Crippen LogP contribution is -2.31. The maximum absolute atomic E-state index is 14.6. The van der Waals surface area contributed by atoms with Gasteiger partial charge in [0, 0.05) is 24.7 Å². The molecule has 1 aliphatic rings. The second-order valence-corrected chi connectivity index (χ2v) is 5.45. The van der Waals surface area contributed by atoms with Crippen LogP contribution >= 0.6 is 0 Å². The Morgan fingerprint density at radius 3 is 2.92 bits per heavy atom. The highest BCUT2D eigenvalue weighted by Gasteiger charge is 2.23. The van der Waals surface area contributed by atoms with E-state index < -0.39 is 5.82 Å². The van der Waals surface area contributed by atoms with E-state index in [1.807, 2.05) is 0 Å². The van der Waals surface area contributed by atoms with E-state index in [1.165, 1.54) is 17.2 Å². The lowest BCUT2D eigenvalue weighted by atomic mass is 9.97. The van der Waals surface area contributed by atoms with Crippen LogP contribution in [0.3, 0.4) is 0 Å². The molecule has 0 radical (unpaired) electrons. The molecular formula is C17H21FN4O2. The lowest BCUT2D eigenvalue weighted by molar-refractivity contribution is -0.118. The number of amidine groups is 1. The van der Waals surface area contributed by atoms with Crippen LogP contribution in [0, 0.1) is 5.82 Å². The van der Waals surface area contributed by atoms with Crippen LogP contribution in [0.5, 0.6) is 0 Å². The Hall–Kier alpha value is -2.54. The largest absolute Gasteiger partial charge is 0.394 e. The quantitative estimate of drug-likeness (QED) is 0.637. The molecular weight excluding hydrogens is 311 g/mol. The van der Waals surface area contributed by atoms with Gasteiger partial charge in [-0.1, -0.05) is 0 Å². The van der Waals surface area contributed by atoms with Crippen LogP contribution in [0.4, 0.5) is 10.1 Å². The van der Waals surface area contributed by atoms with Gasteiger partial charge in [0.2, 0.25) is 5.91 Å². The molecule has 1 aromatic carbocycles. The number of nitrogens with one attached hydrogen (secondary N) is 1. The number of hydrogen-bond acceptors (Lipinski definition) is 4. The molecule has 0 bridgehead atoms. The van der Waals surface area contributed by atoms with E-state index >= 15 is 0 Å². The van der Waals surface area contributed by atoms with Gasteiger partial charge in [-0.05, 0) is 37.8 Å². The fraction of sp³-hybridized carbons (Fsp3) is 0.353. The Morgan fingerprint density at radius 2 is 2.25 bits per heavy atom. The van der Waals surface area contributed by atoms with Gasteiger partial charge < -0.3 is 15.3 Å². The van der Waals surface area contributed by atoms with Crippen LogP contribution in [0.1, 0.15) is 24.5 Å². The zero-order valence-electron chi connectivity index (χ0n) is 13.8. The van der Waals surface area contributed by atoms with Crippen molar-refractivity contribution in [1.29, 1.82) is 0 Å². The summed E-state index contributed by atoms with van der Waals surface area (Å²) in [7, 11) is 1.64. The number of carbonyl (C=O) groups excluding carboxylic acids is 1. The van der Waals surface area contributed by atoms with Crippen molar-refractivity contribution in [2.75, 3.05) is 25.1 Å². The molecule has 0 saturated carbocycles. The Bertz CT molecular complexity index is 713. The highest BCUT2D eigenvalue weighted by atomic mass is 19.1. The molecule has 1 amide bonds. The monoisotopic (exact) mass is 332 g/mol. The third kappa shape index (κ3) is 3.86. The Labute approximate surface area is 140 Å². The number of amides is 1. The van der Waals surface area contributed by atoms with Gasteiger partial charge in [0.25, 0.3) is 0 Å². The normalized spacial score (nSPS) is 15.3. The van der Waals surface area contributed by atoms with Crippen LogP contribution in [-0.2, 0) is 11.2 Å². The highest BCUT2D eigenvalue weighted by Crippen LogP contribution is 2.31. The summed E-state index contributed by atoms with van der Waals surface area (Å²) < 4.78 is 14.6. The number of aliphatic hydroxyl groups is 1. The number of anilines is 1. The molecule has 0 spiro atoms. The van der Waals surface area contributed by atoms with Crippen LogP contribution in [-0.4, -0.2) is 43.8 Å². The molecule has 2 rings (SSSR count). The topological polar surface area (TPSA) is 77.3 Å². The first-order chi connectivity index (χ1) is 11.5. The summed E-state index contributed by atoms with van der Waals surface area (Å²) in [5.41, 5.74) is 2.24. The summed E-state index contributed by atoms with van der Waals surface area (Å²) in [4.78, 5) is 21.1. The maximum atomic E-state index is 14.6. The van der Waals surface area contributed by atoms with E-state index in [1.54, 1.807) is 20.0 Å². The van der Waals surface area contributed by atoms with Crippen molar-refractivity contribution in [3.8, 4) is 0 Å². The summed E-state index contributed by atoms with van der Waals surface area (Å²) in [5.74, 6) is 0.0410. The number of hydrogen-bond donors (Lipinski definition) is 2.